The Labute approximate surface area is 136 Å². The molecule has 2 heterocycles. The second-order valence-electron chi connectivity index (χ2n) is 5.51. The Balaban J connectivity index is 2.17. The molecule has 1 N–H and O–H groups in total. The molecule has 0 bridgehead atoms. The fraction of sp³-hybridized carbons (Fsp3) is 0.267. The first-order chi connectivity index (χ1) is 10.9. The predicted octanol–water partition coefficient (Wildman–Crippen LogP) is 2.92. The number of nitrogens with zero attached hydrogens (tertiary/aromatic N) is 3. The van der Waals surface area contributed by atoms with Crippen LogP contribution in [0.4, 0.5) is 5.69 Å². The number of rotatable bonds is 3. The van der Waals surface area contributed by atoms with Crippen molar-refractivity contribution in [2.75, 3.05) is 0 Å². The van der Waals surface area contributed by atoms with Gasteiger partial charge in [0.25, 0.3) is 11.4 Å². The van der Waals surface area contributed by atoms with E-state index in [9.17, 15) is 20.5 Å². The van der Waals surface area contributed by atoms with Gasteiger partial charge in [-0.3, -0.25) is 10.1 Å². The first-order valence-electron chi connectivity index (χ1n) is 6.98. The summed E-state index contributed by atoms with van der Waals surface area (Å²) in [5, 5.41) is 37.3. The van der Waals surface area contributed by atoms with Gasteiger partial charge in [-0.25, -0.2) is 0 Å². The van der Waals surface area contributed by atoms with E-state index in [1.165, 1.54) is 29.5 Å². The molecule has 0 spiro atoms. The van der Waals surface area contributed by atoms with Gasteiger partial charge in [0, 0.05) is 24.6 Å². The molecule has 0 saturated heterocycles. The van der Waals surface area contributed by atoms with Crippen LogP contribution in [0.5, 0.6) is 0 Å². The molecule has 0 radical (unpaired) electrons. The second kappa shape index (κ2) is 5.41. The van der Waals surface area contributed by atoms with Crippen LogP contribution in [-0.4, -0.2) is 31.7 Å². The summed E-state index contributed by atoms with van der Waals surface area (Å²) >= 11 is 1.41. The zero-order valence-electron chi connectivity index (χ0n) is 12.5. The Hall–Kier alpha value is -2.29. The maximum absolute atomic E-state index is 12.9. The summed E-state index contributed by atoms with van der Waals surface area (Å²) in [5.74, 6) is 0. The highest BCUT2D eigenvalue weighted by molar-refractivity contribution is 7.12. The number of hydrogen-bond donors (Lipinski definition) is 1. The van der Waals surface area contributed by atoms with Gasteiger partial charge in [0.05, 0.1) is 9.80 Å². The summed E-state index contributed by atoms with van der Waals surface area (Å²) in [6.45, 7) is 3.28. The molecular formula is C15H15N3O4S. The van der Waals surface area contributed by atoms with E-state index in [0.717, 1.165) is 14.7 Å². The molecule has 2 aromatic rings. The van der Waals surface area contributed by atoms with Gasteiger partial charge in [0.15, 0.2) is 0 Å². The van der Waals surface area contributed by atoms with Gasteiger partial charge < -0.3 is 10.4 Å². The molecule has 23 heavy (non-hydrogen) atoms. The maximum atomic E-state index is 12.9. The average Bonchev–Trinajstić information content (AvgIpc) is 3.12. The number of hydrogen-bond acceptors (Lipinski definition) is 6. The summed E-state index contributed by atoms with van der Waals surface area (Å²) in [6, 6.07) is 8.89. The highest BCUT2D eigenvalue weighted by Crippen LogP contribution is 2.38. The molecule has 0 saturated carbocycles. The quantitative estimate of drug-likeness (QED) is 0.403. The van der Waals surface area contributed by atoms with Crippen LogP contribution in [0, 0.1) is 15.3 Å². The molecular weight excluding hydrogens is 318 g/mol. The number of nitro groups is 1. The summed E-state index contributed by atoms with van der Waals surface area (Å²) in [4.78, 5) is 11.2. The van der Waals surface area contributed by atoms with Gasteiger partial charge >= 0.3 is 0 Å². The molecule has 7 nitrogen and oxygen atoms in total. The van der Waals surface area contributed by atoms with E-state index in [2.05, 4.69) is 0 Å². The third-order valence-electron chi connectivity index (χ3n) is 4.20. The predicted molar refractivity (Wildman–Crippen MR) is 85.6 cm³/mol. The van der Waals surface area contributed by atoms with Crippen molar-refractivity contribution < 1.29 is 14.9 Å². The van der Waals surface area contributed by atoms with Gasteiger partial charge in [-0.05, 0) is 24.4 Å². The standard InChI is InChI=1S/C15H15N3O4S/c1-10-14(13-7-4-8-23-13)17(20)15(2,16(10)19)11-5-3-6-12(9-11)18(21)22/h3-10,19H,1-2H3/t10-,15-/m1/s1. The van der Waals surface area contributed by atoms with E-state index in [0.29, 0.717) is 11.3 Å². The van der Waals surface area contributed by atoms with Gasteiger partial charge in [0.1, 0.15) is 6.04 Å². The van der Waals surface area contributed by atoms with Crippen LogP contribution >= 0.6 is 11.3 Å². The van der Waals surface area contributed by atoms with Crippen molar-refractivity contribution >= 4 is 22.7 Å². The minimum Gasteiger partial charge on any atom is -0.622 e. The highest BCUT2D eigenvalue weighted by atomic mass is 32.1. The lowest BCUT2D eigenvalue weighted by Gasteiger charge is -2.29. The van der Waals surface area contributed by atoms with E-state index in [-0.39, 0.29) is 5.69 Å². The molecule has 3 rings (SSSR count). The number of nitro benzene ring substituents is 1. The van der Waals surface area contributed by atoms with Crippen molar-refractivity contribution in [1.29, 1.82) is 0 Å². The Morgan fingerprint density at radius 2 is 2.13 bits per heavy atom. The first kappa shape index (κ1) is 15.6. The van der Waals surface area contributed by atoms with Gasteiger partial charge in [0.2, 0.25) is 5.71 Å². The summed E-state index contributed by atoms with van der Waals surface area (Å²) in [5.41, 5.74) is -0.744. The molecule has 120 valence electrons. The van der Waals surface area contributed by atoms with E-state index in [4.69, 9.17) is 0 Å². The van der Waals surface area contributed by atoms with Crippen LogP contribution in [0.25, 0.3) is 0 Å². The minimum absolute atomic E-state index is 0.122. The van der Waals surface area contributed by atoms with Gasteiger partial charge in [-0.1, -0.05) is 12.1 Å². The molecule has 0 fully saturated rings. The smallest absolute Gasteiger partial charge is 0.274 e. The van der Waals surface area contributed by atoms with E-state index in [1.54, 1.807) is 19.9 Å². The molecule has 1 aromatic carbocycles. The zero-order valence-corrected chi connectivity index (χ0v) is 13.4. The second-order valence-corrected chi connectivity index (χ2v) is 6.45. The van der Waals surface area contributed by atoms with Crippen LogP contribution in [0.2, 0.25) is 0 Å². The molecule has 1 aromatic heterocycles. The van der Waals surface area contributed by atoms with E-state index < -0.39 is 16.6 Å². The van der Waals surface area contributed by atoms with Crippen LogP contribution in [0.1, 0.15) is 24.3 Å². The van der Waals surface area contributed by atoms with Crippen LogP contribution in [0.15, 0.2) is 41.8 Å². The van der Waals surface area contributed by atoms with Crippen LogP contribution < -0.4 is 0 Å². The minimum atomic E-state index is -1.43. The Bertz CT molecular complexity index is 790. The fourth-order valence-electron chi connectivity index (χ4n) is 2.88. The molecule has 8 heteroatoms. The number of benzene rings is 1. The number of hydroxylamine groups is 3. The monoisotopic (exact) mass is 333 g/mol. The zero-order chi connectivity index (χ0) is 16.8. The summed E-state index contributed by atoms with van der Waals surface area (Å²) in [7, 11) is 0. The Morgan fingerprint density at radius 1 is 1.39 bits per heavy atom. The molecule has 2 atom stereocenters. The molecule has 0 amide bonds. The largest absolute Gasteiger partial charge is 0.622 e. The molecule has 0 aliphatic carbocycles. The van der Waals surface area contributed by atoms with E-state index >= 15 is 0 Å². The van der Waals surface area contributed by atoms with E-state index in [1.807, 2.05) is 17.5 Å². The van der Waals surface area contributed by atoms with Crippen molar-refractivity contribution in [3.63, 3.8) is 0 Å². The number of non-ortho nitro benzene ring substituents is 1. The molecule has 1 aliphatic rings. The van der Waals surface area contributed by atoms with Crippen molar-refractivity contribution in [2.24, 2.45) is 0 Å². The lowest BCUT2D eigenvalue weighted by molar-refractivity contribution is -0.595. The lowest BCUT2D eigenvalue weighted by Crippen LogP contribution is -2.45. The van der Waals surface area contributed by atoms with Crippen LogP contribution in [0.3, 0.4) is 0 Å². The topological polar surface area (TPSA) is 92.7 Å². The summed E-state index contributed by atoms with van der Waals surface area (Å²) in [6.07, 6.45) is 0. The van der Waals surface area contributed by atoms with Crippen molar-refractivity contribution in [3.05, 3.63) is 67.5 Å². The first-order valence-corrected chi connectivity index (χ1v) is 7.86. The van der Waals surface area contributed by atoms with Gasteiger partial charge in [-0.15, -0.1) is 16.4 Å². The average molecular weight is 333 g/mol. The Morgan fingerprint density at radius 3 is 2.74 bits per heavy atom. The molecule has 0 unspecified atom stereocenters. The van der Waals surface area contributed by atoms with Crippen molar-refractivity contribution in [2.45, 2.75) is 25.6 Å². The van der Waals surface area contributed by atoms with Crippen molar-refractivity contribution in [3.8, 4) is 0 Å². The van der Waals surface area contributed by atoms with Gasteiger partial charge in [-0.2, -0.15) is 4.74 Å². The van der Waals surface area contributed by atoms with Crippen LogP contribution in [-0.2, 0) is 5.66 Å². The fourth-order valence-corrected chi connectivity index (χ4v) is 3.72. The maximum Gasteiger partial charge on any atom is 0.274 e. The highest BCUT2D eigenvalue weighted by Gasteiger charge is 2.54. The lowest BCUT2D eigenvalue weighted by atomic mass is 10.0. The molecule has 1 aliphatic heterocycles. The third-order valence-corrected chi connectivity index (χ3v) is 5.09. The van der Waals surface area contributed by atoms with Crippen molar-refractivity contribution in [1.82, 2.24) is 5.06 Å². The number of thiophene rings is 1. The normalized spacial score (nSPS) is 25.1. The Kier molecular flexibility index (Phi) is 3.67. The SMILES string of the molecule is C[C@@H]1C(c2cccs2)=[N+]([O-])[C@](C)(c2cccc([N+](=O)[O-])c2)N1O. The third kappa shape index (κ3) is 2.23. The summed E-state index contributed by atoms with van der Waals surface area (Å²) < 4.78 is 0.739.